The van der Waals surface area contributed by atoms with Crippen molar-refractivity contribution < 1.29 is 14.4 Å². The molecule has 2 aromatic carbocycles. The number of carbonyl (C=O) groups is 3. The number of likely N-dealkylation sites (tertiary alicyclic amines) is 1. The van der Waals surface area contributed by atoms with Crippen molar-refractivity contribution in [2.24, 2.45) is 0 Å². The molecule has 140 valence electrons. The highest BCUT2D eigenvalue weighted by Crippen LogP contribution is 2.34. The van der Waals surface area contributed by atoms with E-state index in [4.69, 9.17) is 0 Å². The van der Waals surface area contributed by atoms with Crippen LogP contribution in [0.1, 0.15) is 50.3 Å². The molecular formula is C21H17N3O3S. The maximum atomic E-state index is 12.8. The third-order valence-electron chi connectivity index (χ3n) is 5.25. The Bertz CT molecular complexity index is 1100. The number of rotatable bonds is 2. The Morgan fingerprint density at radius 1 is 0.929 bits per heavy atom. The summed E-state index contributed by atoms with van der Waals surface area (Å²) in [6.07, 6.45) is 3.25. The standard InChI is InChI=1S/C21H17N3O3S/c25-18(23-10-4-1-5-11-23)13-8-9-16-17(12-13)28-21(22-16)24-19(26)14-6-2-3-7-15(14)20(24)27/h2-3,6-9,12H,1,4-5,10-11H2. The van der Waals surface area contributed by atoms with Crippen molar-refractivity contribution in [3.63, 3.8) is 0 Å². The number of imide groups is 1. The molecule has 0 bridgehead atoms. The molecule has 0 unspecified atom stereocenters. The zero-order valence-corrected chi connectivity index (χ0v) is 15.9. The van der Waals surface area contributed by atoms with E-state index in [1.54, 1.807) is 36.4 Å². The lowest BCUT2D eigenvalue weighted by Gasteiger charge is -2.26. The second kappa shape index (κ2) is 6.53. The smallest absolute Gasteiger partial charge is 0.268 e. The van der Waals surface area contributed by atoms with Crippen LogP contribution in [-0.2, 0) is 0 Å². The van der Waals surface area contributed by atoms with E-state index in [1.807, 2.05) is 11.0 Å². The summed E-state index contributed by atoms with van der Waals surface area (Å²) in [5.41, 5.74) is 2.08. The van der Waals surface area contributed by atoms with Crippen LogP contribution in [0.2, 0.25) is 0 Å². The van der Waals surface area contributed by atoms with Crippen LogP contribution in [0.4, 0.5) is 5.13 Å². The summed E-state index contributed by atoms with van der Waals surface area (Å²) in [4.78, 5) is 45.6. The zero-order chi connectivity index (χ0) is 19.3. The first-order chi connectivity index (χ1) is 13.6. The van der Waals surface area contributed by atoms with Gasteiger partial charge in [0.1, 0.15) is 0 Å². The number of hydrogen-bond donors (Lipinski definition) is 0. The van der Waals surface area contributed by atoms with Gasteiger partial charge in [-0.1, -0.05) is 23.5 Å². The van der Waals surface area contributed by atoms with Crippen LogP contribution < -0.4 is 4.90 Å². The van der Waals surface area contributed by atoms with Crippen molar-refractivity contribution in [1.82, 2.24) is 9.88 Å². The van der Waals surface area contributed by atoms with Crippen LogP contribution in [0, 0.1) is 0 Å². The number of thiazole rings is 1. The first kappa shape index (κ1) is 17.1. The summed E-state index contributed by atoms with van der Waals surface area (Å²) in [6.45, 7) is 1.58. The lowest BCUT2D eigenvalue weighted by Crippen LogP contribution is -2.35. The molecule has 28 heavy (non-hydrogen) atoms. The zero-order valence-electron chi connectivity index (χ0n) is 15.1. The van der Waals surface area contributed by atoms with E-state index in [2.05, 4.69) is 4.98 Å². The van der Waals surface area contributed by atoms with Crippen molar-refractivity contribution in [1.29, 1.82) is 0 Å². The van der Waals surface area contributed by atoms with E-state index in [0.29, 0.717) is 27.3 Å². The molecule has 1 aromatic heterocycles. The van der Waals surface area contributed by atoms with Gasteiger partial charge in [-0.05, 0) is 49.6 Å². The summed E-state index contributed by atoms with van der Waals surface area (Å²) < 4.78 is 0.786. The Balaban J connectivity index is 1.49. The average Bonchev–Trinajstić information content (AvgIpc) is 3.26. The number of aromatic nitrogens is 1. The Labute approximate surface area is 165 Å². The van der Waals surface area contributed by atoms with Crippen molar-refractivity contribution >= 4 is 44.4 Å². The summed E-state index contributed by atoms with van der Waals surface area (Å²) in [5, 5.41) is 0.337. The molecular weight excluding hydrogens is 374 g/mol. The van der Waals surface area contributed by atoms with E-state index in [0.717, 1.165) is 35.5 Å². The highest BCUT2D eigenvalue weighted by atomic mass is 32.1. The Morgan fingerprint density at radius 3 is 2.29 bits per heavy atom. The fourth-order valence-electron chi connectivity index (χ4n) is 3.78. The van der Waals surface area contributed by atoms with Gasteiger partial charge in [-0.2, -0.15) is 0 Å². The van der Waals surface area contributed by atoms with E-state index in [9.17, 15) is 14.4 Å². The van der Waals surface area contributed by atoms with Gasteiger partial charge in [0.25, 0.3) is 17.7 Å². The molecule has 0 saturated carbocycles. The molecule has 0 aliphatic carbocycles. The predicted octanol–water partition coefficient (Wildman–Crippen LogP) is 3.72. The lowest BCUT2D eigenvalue weighted by atomic mass is 10.1. The van der Waals surface area contributed by atoms with Gasteiger partial charge >= 0.3 is 0 Å². The lowest BCUT2D eigenvalue weighted by molar-refractivity contribution is 0.0724. The number of hydrogen-bond acceptors (Lipinski definition) is 5. The number of benzene rings is 2. The number of nitrogens with zero attached hydrogens (tertiary/aromatic N) is 3. The van der Waals surface area contributed by atoms with E-state index < -0.39 is 0 Å². The molecule has 1 fully saturated rings. The minimum Gasteiger partial charge on any atom is -0.339 e. The SMILES string of the molecule is O=C(c1ccc2nc(N3C(=O)c4ccccc4C3=O)sc2c1)N1CCCCC1. The molecule has 1 saturated heterocycles. The molecule has 3 heterocycles. The number of amides is 3. The number of anilines is 1. The van der Waals surface area contributed by atoms with E-state index in [1.165, 1.54) is 17.8 Å². The average molecular weight is 391 g/mol. The quantitative estimate of drug-likeness (QED) is 0.624. The second-order valence-corrected chi connectivity index (χ2v) is 8.03. The van der Waals surface area contributed by atoms with Crippen molar-refractivity contribution in [3.8, 4) is 0 Å². The molecule has 0 atom stereocenters. The number of carbonyl (C=O) groups excluding carboxylic acids is 3. The van der Waals surface area contributed by atoms with Crippen molar-refractivity contribution in [3.05, 3.63) is 59.2 Å². The second-order valence-electron chi connectivity index (χ2n) is 7.02. The van der Waals surface area contributed by atoms with Gasteiger partial charge in [-0.15, -0.1) is 0 Å². The summed E-state index contributed by atoms with van der Waals surface area (Å²) >= 11 is 1.25. The normalized spacial score (nSPS) is 16.7. The highest BCUT2D eigenvalue weighted by Gasteiger charge is 2.38. The Morgan fingerprint density at radius 2 is 1.61 bits per heavy atom. The molecule has 7 heteroatoms. The van der Waals surface area contributed by atoms with Gasteiger partial charge in [0.2, 0.25) is 5.13 Å². The molecule has 5 rings (SSSR count). The molecule has 2 aliphatic heterocycles. The molecule has 2 aliphatic rings. The van der Waals surface area contributed by atoms with Crippen LogP contribution in [0.5, 0.6) is 0 Å². The summed E-state index contributed by atoms with van der Waals surface area (Å²) in [7, 11) is 0. The van der Waals surface area contributed by atoms with Gasteiger partial charge in [0.15, 0.2) is 0 Å². The van der Waals surface area contributed by atoms with Crippen LogP contribution >= 0.6 is 11.3 Å². The van der Waals surface area contributed by atoms with Crippen LogP contribution in [0.25, 0.3) is 10.2 Å². The fraction of sp³-hybridized carbons (Fsp3) is 0.238. The fourth-order valence-corrected chi connectivity index (χ4v) is 4.79. The Kier molecular flexibility index (Phi) is 3.98. The topological polar surface area (TPSA) is 70.6 Å². The van der Waals surface area contributed by atoms with Gasteiger partial charge in [0, 0.05) is 18.7 Å². The van der Waals surface area contributed by atoms with Crippen LogP contribution in [0.3, 0.4) is 0 Å². The summed E-state index contributed by atoms with van der Waals surface area (Å²) in [6, 6.07) is 12.1. The van der Waals surface area contributed by atoms with Gasteiger partial charge < -0.3 is 4.90 Å². The molecule has 3 aromatic rings. The van der Waals surface area contributed by atoms with Crippen molar-refractivity contribution in [2.45, 2.75) is 19.3 Å². The maximum absolute atomic E-state index is 12.8. The molecule has 6 nitrogen and oxygen atoms in total. The van der Waals surface area contributed by atoms with Gasteiger partial charge in [-0.3, -0.25) is 14.4 Å². The van der Waals surface area contributed by atoms with Crippen LogP contribution in [-0.4, -0.2) is 40.7 Å². The highest BCUT2D eigenvalue weighted by molar-refractivity contribution is 7.22. The predicted molar refractivity (Wildman–Crippen MR) is 107 cm³/mol. The summed E-state index contributed by atoms with van der Waals surface area (Å²) in [5.74, 6) is -0.689. The molecule has 0 spiro atoms. The number of piperidine rings is 1. The Hall–Kier alpha value is -3.06. The molecule has 0 N–H and O–H groups in total. The molecule has 3 amide bonds. The third kappa shape index (κ3) is 2.62. The van der Waals surface area contributed by atoms with E-state index in [-0.39, 0.29) is 17.7 Å². The number of fused-ring (bicyclic) bond motifs is 2. The third-order valence-corrected chi connectivity index (χ3v) is 6.26. The largest absolute Gasteiger partial charge is 0.339 e. The van der Waals surface area contributed by atoms with E-state index >= 15 is 0 Å². The maximum Gasteiger partial charge on any atom is 0.268 e. The minimum absolute atomic E-state index is 0.0253. The first-order valence-corrected chi connectivity index (χ1v) is 10.1. The minimum atomic E-state index is -0.357. The molecule has 0 radical (unpaired) electrons. The monoisotopic (exact) mass is 391 g/mol. The van der Waals surface area contributed by atoms with Crippen LogP contribution in [0.15, 0.2) is 42.5 Å². The first-order valence-electron chi connectivity index (χ1n) is 9.31. The van der Waals surface area contributed by atoms with Gasteiger partial charge in [0.05, 0.1) is 21.3 Å². The van der Waals surface area contributed by atoms with Crippen molar-refractivity contribution in [2.75, 3.05) is 18.0 Å². The van der Waals surface area contributed by atoms with Gasteiger partial charge in [-0.25, -0.2) is 9.88 Å².